The van der Waals surface area contributed by atoms with Gasteiger partial charge in [0.05, 0.1) is 10.6 Å². The van der Waals surface area contributed by atoms with Crippen molar-refractivity contribution in [1.82, 2.24) is 4.98 Å². The van der Waals surface area contributed by atoms with Gasteiger partial charge in [0.25, 0.3) is 0 Å². The van der Waals surface area contributed by atoms with Crippen LogP contribution in [-0.2, 0) is 0 Å². The smallest absolute Gasteiger partial charge is 0.215 e. The van der Waals surface area contributed by atoms with Gasteiger partial charge < -0.3 is 0 Å². The van der Waals surface area contributed by atoms with Crippen LogP contribution in [0, 0.1) is 12.7 Å². The maximum absolute atomic E-state index is 13.5. The van der Waals surface area contributed by atoms with E-state index in [-0.39, 0.29) is 16.3 Å². The molecule has 1 aromatic heterocycles. The van der Waals surface area contributed by atoms with Gasteiger partial charge in [0.1, 0.15) is 11.5 Å². The molecular weight excluding hydrogens is 249 g/mol. The highest BCUT2D eigenvalue weighted by Crippen LogP contribution is 2.19. The third kappa shape index (κ3) is 2.13. The van der Waals surface area contributed by atoms with Gasteiger partial charge in [0.2, 0.25) is 5.78 Å². The summed E-state index contributed by atoms with van der Waals surface area (Å²) in [5.41, 5.74) is 0.262. The molecule has 0 amide bonds. The van der Waals surface area contributed by atoms with Crippen molar-refractivity contribution in [2.24, 2.45) is 0 Å². The average molecular weight is 256 g/mol. The van der Waals surface area contributed by atoms with Crippen LogP contribution < -0.4 is 0 Å². The van der Waals surface area contributed by atoms with E-state index in [1.807, 2.05) is 0 Å². The number of hydrogen-bond acceptors (Lipinski definition) is 3. The van der Waals surface area contributed by atoms with Gasteiger partial charge in [-0.25, -0.2) is 9.37 Å². The summed E-state index contributed by atoms with van der Waals surface area (Å²) >= 11 is 6.96. The predicted octanol–water partition coefficient (Wildman–Crippen LogP) is 3.48. The first-order valence-electron chi connectivity index (χ1n) is 4.50. The van der Waals surface area contributed by atoms with Gasteiger partial charge in [-0.05, 0) is 25.1 Å². The second-order valence-electron chi connectivity index (χ2n) is 3.21. The van der Waals surface area contributed by atoms with Crippen molar-refractivity contribution in [3.63, 3.8) is 0 Å². The average Bonchev–Trinajstić information content (AvgIpc) is 2.64. The molecule has 0 saturated heterocycles. The number of aryl methyl sites for hydroxylation is 1. The number of carbonyl (C=O) groups is 1. The fraction of sp³-hybridized carbons (Fsp3) is 0.0909. The van der Waals surface area contributed by atoms with Crippen molar-refractivity contribution in [1.29, 1.82) is 0 Å². The van der Waals surface area contributed by atoms with Crippen LogP contribution in [0.25, 0.3) is 0 Å². The minimum Gasteiger partial charge on any atom is -0.287 e. The lowest BCUT2D eigenvalue weighted by atomic mass is 10.1. The number of ketones is 1. The Kier molecular flexibility index (Phi) is 3.03. The van der Waals surface area contributed by atoms with Gasteiger partial charge in [-0.2, -0.15) is 0 Å². The molecule has 82 valence electrons. The first-order chi connectivity index (χ1) is 7.58. The van der Waals surface area contributed by atoms with Crippen LogP contribution in [-0.4, -0.2) is 10.8 Å². The first-order valence-corrected chi connectivity index (χ1v) is 5.75. The highest BCUT2D eigenvalue weighted by Gasteiger charge is 2.16. The molecule has 0 bridgehead atoms. The molecule has 16 heavy (non-hydrogen) atoms. The van der Waals surface area contributed by atoms with Crippen molar-refractivity contribution in [3.8, 4) is 0 Å². The second-order valence-corrected chi connectivity index (χ2v) is 4.70. The number of hydrogen-bond donors (Lipinski definition) is 0. The van der Waals surface area contributed by atoms with Crippen LogP contribution in [0.15, 0.2) is 23.6 Å². The number of rotatable bonds is 2. The third-order valence-electron chi connectivity index (χ3n) is 2.03. The van der Waals surface area contributed by atoms with Crippen LogP contribution in [0.3, 0.4) is 0 Å². The summed E-state index contributed by atoms with van der Waals surface area (Å²) in [4.78, 5) is 15.9. The second kappa shape index (κ2) is 4.31. The Hall–Kier alpha value is -1.26. The molecule has 2 rings (SSSR count). The van der Waals surface area contributed by atoms with E-state index in [1.54, 1.807) is 12.3 Å². The summed E-state index contributed by atoms with van der Waals surface area (Å²) in [5.74, 6) is -1.04. The molecule has 0 unspecified atom stereocenters. The SMILES string of the molecule is Cc1nc(C(=O)c2ccc(Cl)cc2F)cs1. The van der Waals surface area contributed by atoms with Crippen LogP contribution >= 0.6 is 22.9 Å². The lowest BCUT2D eigenvalue weighted by Crippen LogP contribution is -2.04. The molecule has 0 spiro atoms. The Morgan fingerprint density at radius 1 is 1.50 bits per heavy atom. The molecule has 0 aliphatic rings. The molecule has 2 aromatic rings. The molecule has 0 N–H and O–H groups in total. The van der Waals surface area contributed by atoms with Crippen LogP contribution in [0.2, 0.25) is 5.02 Å². The van der Waals surface area contributed by atoms with E-state index in [1.165, 1.54) is 23.5 Å². The molecule has 0 radical (unpaired) electrons. The van der Waals surface area contributed by atoms with E-state index in [4.69, 9.17) is 11.6 Å². The fourth-order valence-electron chi connectivity index (χ4n) is 1.28. The lowest BCUT2D eigenvalue weighted by molar-refractivity contribution is 0.103. The van der Waals surface area contributed by atoms with Crippen LogP contribution in [0.1, 0.15) is 21.1 Å². The summed E-state index contributed by atoms with van der Waals surface area (Å²) in [7, 11) is 0. The zero-order valence-electron chi connectivity index (χ0n) is 8.33. The fourth-order valence-corrected chi connectivity index (χ4v) is 2.03. The van der Waals surface area contributed by atoms with Gasteiger partial charge in [-0.15, -0.1) is 11.3 Å². The predicted molar refractivity (Wildman–Crippen MR) is 61.7 cm³/mol. The van der Waals surface area contributed by atoms with Gasteiger partial charge >= 0.3 is 0 Å². The van der Waals surface area contributed by atoms with Gasteiger partial charge in [-0.1, -0.05) is 11.6 Å². The Morgan fingerprint density at radius 3 is 2.81 bits per heavy atom. The quantitative estimate of drug-likeness (QED) is 0.769. The lowest BCUT2D eigenvalue weighted by Gasteiger charge is -2.00. The number of thiazole rings is 1. The third-order valence-corrected chi connectivity index (χ3v) is 3.04. The molecule has 5 heteroatoms. The number of aromatic nitrogens is 1. The Bertz CT molecular complexity index is 553. The van der Waals surface area contributed by atoms with Gasteiger partial charge in [0, 0.05) is 10.4 Å². The minimum absolute atomic E-state index is 0.00491. The largest absolute Gasteiger partial charge is 0.287 e. The molecule has 0 saturated carbocycles. The standard InChI is InChI=1S/C11H7ClFNOS/c1-6-14-10(5-16-6)11(15)8-3-2-7(12)4-9(8)13/h2-5H,1H3. The number of halogens is 2. The van der Waals surface area contributed by atoms with Crippen LogP contribution in [0.4, 0.5) is 4.39 Å². The van der Waals surface area contributed by atoms with Crippen molar-refractivity contribution in [2.75, 3.05) is 0 Å². The van der Waals surface area contributed by atoms with E-state index < -0.39 is 11.6 Å². The molecule has 2 nitrogen and oxygen atoms in total. The van der Waals surface area contributed by atoms with E-state index in [0.717, 1.165) is 11.1 Å². The first kappa shape index (κ1) is 11.2. The maximum atomic E-state index is 13.5. The Labute approximate surface area is 101 Å². The summed E-state index contributed by atoms with van der Waals surface area (Å²) in [5, 5.41) is 2.66. The summed E-state index contributed by atoms with van der Waals surface area (Å²) in [6.45, 7) is 1.79. The Balaban J connectivity index is 2.41. The monoisotopic (exact) mass is 255 g/mol. The van der Waals surface area contributed by atoms with E-state index in [9.17, 15) is 9.18 Å². The molecular formula is C11H7ClFNOS. The highest BCUT2D eigenvalue weighted by atomic mass is 35.5. The molecule has 1 aromatic carbocycles. The van der Waals surface area contributed by atoms with Crippen molar-refractivity contribution in [3.05, 3.63) is 50.7 Å². The highest BCUT2D eigenvalue weighted by molar-refractivity contribution is 7.09. The van der Waals surface area contributed by atoms with Crippen molar-refractivity contribution in [2.45, 2.75) is 6.92 Å². The van der Waals surface area contributed by atoms with E-state index >= 15 is 0 Å². The van der Waals surface area contributed by atoms with Crippen molar-refractivity contribution >= 4 is 28.7 Å². The maximum Gasteiger partial charge on any atom is 0.215 e. The molecule has 1 heterocycles. The zero-order valence-corrected chi connectivity index (χ0v) is 9.90. The van der Waals surface area contributed by atoms with E-state index in [2.05, 4.69) is 4.98 Å². The van der Waals surface area contributed by atoms with E-state index in [0.29, 0.717) is 0 Å². The number of carbonyl (C=O) groups excluding carboxylic acids is 1. The number of benzene rings is 1. The summed E-state index contributed by atoms with van der Waals surface area (Å²) < 4.78 is 13.5. The summed E-state index contributed by atoms with van der Waals surface area (Å²) in [6, 6.07) is 3.97. The molecule has 0 atom stereocenters. The van der Waals surface area contributed by atoms with Gasteiger partial charge in [-0.3, -0.25) is 4.79 Å². The van der Waals surface area contributed by atoms with Crippen molar-refractivity contribution < 1.29 is 9.18 Å². The molecule has 0 aliphatic heterocycles. The number of nitrogens with zero attached hydrogens (tertiary/aromatic N) is 1. The Morgan fingerprint density at radius 2 is 2.25 bits per heavy atom. The van der Waals surface area contributed by atoms with Crippen LogP contribution in [0.5, 0.6) is 0 Å². The molecule has 0 aliphatic carbocycles. The topological polar surface area (TPSA) is 30.0 Å². The molecule has 0 fully saturated rings. The minimum atomic E-state index is -0.622. The zero-order chi connectivity index (χ0) is 11.7. The summed E-state index contributed by atoms with van der Waals surface area (Å²) in [6.07, 6.45) is 0. The normalized spacial score (nSPS) is 10.4. The van der Waals surface area contributed by atoms with Gasteiger partial charge in [0.15, 0.2) is 0 Å².